The highest BCUT2D eigenvalue weighted by Crippen LogP contribution is 2.37. The Morgan fingerprint density at radius 3 is 2.57 bits per heavy atom. The summed E-state index contributed by atoms with van der Waals surface area (Å²) in [6, 6.07) is 11.2. The number of carbonyl (C=O) groups is 3. The van der Waals surface area contributed by atoms with E-state index >= 15 is 0 Å². The lowest BCUT2D eigenvalue weighted by Gasteiger charge is -2.44. The highest BCUT2D eigenvalue weighted by Gasteiger charge is 2.34. The van der Waals surface area contributed by atoms with Gasteiger partial charge in [0.1, 0.15) is 11.5 Å². The summed E-state index contributed by atoms with van der Waals surface area (Å²) in [6.45, 7) is 8.26. The van der Waals surface area contributed by atoms with Gasteiger partial charge in [0.05, 0.1) is 64.3 Å². The number of benzene rings is 1. The molecule has 18 heteroatoms. The molecule has 1 aromatic carbocycles. The monoisotopic (exact) mass is 853 g/mol. The highest BCUT2D eigenvalue weighted by atomic mass is 35.5. The fraction of sp³-hybridized carbons (Fsp3) is 0.465. The third-order valence-electron chi connectivity index (χ3n) is 12.1. The Hall–Kier alpha value is -5.78. The molecular formula is C43H52ClN11O6. The number of rotatable bonds is 12. The Morgan fingerprint density at radius 1 is 1.03 bits per heavy atom. The number of aliphatic hydroxyl groups is 1. The fourth-order valence-corrected chi connectivity index (χ4v) is 9.08. The SMILES string of the molecule is CNC(=O)COc1cc2cc(Nc3cc(N4CCN(CC5CCN(c6cccc7c(C8CCC(=O)NC8=O)nn(C)c67)CC5)[C@H](CO)C4)ncc3Cl)cnc2n(C(C)C)c1=O. The van der Waals surface area contributed by atoms with Gasteiger partial charge in [-0.1, -0.05) is 23.7 Å². The van der Waals surface area contributed by atoms with Gasteiger partial charge in [-0.2, -0.15) is 5.10 Å². The number of aliphatic hydroxyl groups excluding tert-OH is 1. The molecule has 4 N–H and O–H groups in total. The third kappa shape index (κ3) is 8.59. The zero-order valence-corrected chi connectivity index (χ0v) is 35.6. The molecule has 61 heavy (non-hydrogen) atoms. The van der Waals surface area contributed by atoms with Crippen molar-refractivity contribution in [3.05, 3.63) is 69.9 Å². The van der Waals surface area contributed by atoms with Crippen molar-refractivity contribution in [1.82, 2.24) is 39.8 Å². The number of hydrogen-bond donors (Lipinski definition) is 4. The predicted octanol–water partition coefficient (Wildman–Crippen LogP) is 3.70. The standard InChI is InChI=1S/C43H52ClN11O6/c1-25(2)55-41-27(17-35(43(55)60)61-24-38(58)45-3)16-28(19-47-41)48-33-18-36(46-20-32(33)44)54-15-14-53(29(22-54)23-56)21-26-10-12-52(13-11-26)34-7-5-6-30-39(50-51(4)40(30)34)31-8-9-37(57)49-42(31)59/h5-7,16-20,25-26,29,31,56H,8-15,21-24H2,1-4H3,(H,45,58)(H,46,48)(H,49,57,59)/t29-,31?/m0/s1. The average molecular weight is 854 g/mol. The second-order valence-corrected chi connectivity index (χ2v) is 16.8. The lowest BCUT2D eigenvalue weighted by Crippen LogP contribution is -2.56. The number of amides is 3. The minimum atomic E-state index is -0.447. The number of halogens is 1. The van der Waals surface area contributed by atoms with Gasteiger partial charge in [-0.15, -0.1) is 0 Å². The molecule has 3 aliphatic rings. The van der Waals surface area contributed by atoms with Crippen LogP contribution in [0.3, 0.4) is 0 Å². The van der Waals surface area contributed by atoms with Crippen molar-refractivity contribution < 1.29 is 24.2 Å². The number of piperazine rings is 1. The zero-order chi connectivity index (χ0) is 42.9. The molecule has 4 aromatic heterocycles. The molecule has 0 bridgehead atoms. The molecule has 0 aliphatic carbocycles. The first kappa shape index (κ1) is 41.9. The van der Waals surface area contributed by atoms with Crippen LogP contribution in [-0.2, 0) is 21.4 Å². The number of piperidine rings is 2. The maximum Gasteiger partial charge on any atom is 0.294 e. The molecule has 322 valence electrons. The van der Waals surface area contributed by atoms with Gasteiger partial charge in [-0.05, 0) is 57.2 Å². The first-order valence-electron chi connectivity index (χ1n) is 20.9. The van der Waals surface area contributed by atoms with Crippen molar-refractivity contribution in [1.29, 1.82) is 0 Å². The number of nitrogens with one attached hydrogen (secondary N) is 3. The Labute approximate surface area is 358 Å². The summed E-state index contributed by atoms with van der Waals surface area (Å²) in [5.74, 6) is -0.0583. The van der Waals surface area contributed by atoms with Crippen molar-refractivity contribution in [3.8, 4) is 5.75 Å². The van der Waals surface area contributed by atoms with E-state index in [1.165, 1.54) is 7.05 Å². The second-order valence-electron chi connectivity index (χ2n) is 16.4. The number of carbonyl (C=O) groups excluding carboxylic acids is 3. The second kappa shape index (κ2) is 17.7. The molecule has 8 rings (SSSR count). The van der Waals surface area contributed by atoms with E-state index in [0.29, 0.717) is 52.7 Å². The maximum absolute atomic E-state index is 13.2. The van der Waals surface area contributed by atoms with E-state index in [2.05, 4.69) is 46.7 Å². The summed E-state index contributed by atoms with van der Waals surface area (Å²) in [4.78, 5) is 65.9. The van der Waals surface area contributed by atoms with E-state index in [1.54, 1.807) is 23.0 Å². The van der Waals surface area contributed by atoms with Crippen molar-refractivity contribution in [2.24, 2.45) is 13.0 Å². The van der Waals surface area contributed by atoms with Crippen LogP contribution in [0.25, 0.3) is 21.9 Å². The van der Waals surface area contributed by atoms with Crippen LogP contribution in [0.1, 0.15) is 57.2 Å². The van der Waals surface area contributed by atoms with Crippen LogP contribution >= 0.6 is 11.6 Å². The number of likely N-dealkylation sites (N-methyl/N-ethyl adjacent to an activating group) is 1. The van der Waals surface area contributed by atoms with Crippen molar-refractivity contribution in [3.63, 3.8) is 0 Å². The third-order valence-corrected chi connectivity index (χ3v) is 12.4. The molecule has 3 saturated heterocycles. The number of imide groups is 1. The Morgan fingerprint density at radius 2 is 1.84 bits per heavy atom. The zero-order valence-electron chi connectivity index (χ0n) is 34.9. The van der Waals surface area contributed by atoms with E-state index in [0.717, 1.165) is 73.7 Å². The summed E-state index contributed by atoms with van der Waals surface area (Å²) in [5.41, 5.74) is 4.20. The van der Waals surface area contributed by atoms with Crippen LogP contribution in [-0.4, -0.2) is 118 Å². The van der Waals surface area contributed by atoms with Gasteiger partial charge in [0, 0.05) is 82.7 Å². The number of anilines is 4. The summed E-state index contributed by atoms with van der Waals surface area (Å²) in [7, 11) is 3.42. The first-order chi connectivity index (χ1) is 29.4. The van der Waals surface area contributed by atoms with Gasteiger partial charge in [-0.25, -0.2) is 9.97 Å². The number of ether oxygens (including phenoxy) is 1. The minimum absolute atomic E-state index is 0.0189. The van der Waals surface area contributed by atoms with Crippen molar-refractivity contribution in [2.45, 2.75) is 57.5 Å². The lowest BCUT2D eigenvalue weighted by atomic mass is 9.92. The van der Waals surface area contributed by atoms with E-state index < -0.39 is 5.92 Å². The van der Waals surface area contributed by atoms with Crippen LogP contribution < -0.4 is 36.0 Å². The maximum atomic E-state index is 13.2. The van der Waals surface area contributed by atoms with Gasteiger partial charge in [0.15, 0.2) is 12.4 Å². The number of para-hydroxylation sites is 1. The molecule has 3 amide bonds. The van der Waals surface area contributed by atoms with E-state index in [9.17, 15) is 24.3 Å². The number of fused-ring (bicyclic) bond motifs is 2. The molecule has 0 radical (unpaired) electrons. The Bertz CT molecular complexity index is 2530. The van der Waals surface area contributed by atoms with Crippen LogP contribution in [0.5, 0.6) is 5.75 Å². The summed E-state index contributed by atoms with van der Waals surface area (Å²) >= 11 is 6.67. The Kier molecular flexibility index (Phi) is 12.1. The van der Waals surface area contributed by atoms with Crippen molar-refractivity contribution in [2.75, 3.05) is 74.6 Å². The molecule has 1 unspecified atom stereocenters. The Balaban J connectivity index is 0.909. The number of nitrogens with zero attached hydrogens (tertiary/aromatic N) is 8. The smallest absolute Gasteiger partial charge is 0.294 e. The van der Waals surface area contributed by atoms with Crippen LogP contribution in [0, 0.1) is 5.92 Å². The molecule has 0 spiro atoms. The van der Waals surface area contributed by atoms with E-state index in [1.807, 2.05) is 49.8 Å². The lowest BCUT2D eigenvalue weighted by molar-refractivity contribution is -0.134. The van der Waals surface area contributed by atoms with Crippen LogP contribution in [0.15, 0.2) is 53.6 Å². The molecule has 3 aliphatic heterocycles. The molecule has 17 nitrogen and oxygen atoms in total. The van der Waals surface area contributed by atoms with Crippen LogP contribution in [0.4, 0.5) is 22.9 Å². The van der Waals surface area contributed by atoms with Gasteiger partial charge >= 0.3 is 0 Å². The minimum Gasteiger partial charge on any atom is -0.478 e. The molecule has 7 heterocycles. The summed E-state index contributed by atoms with van der Waals surface area (Å²) in [6.07, 6.45) is 6.04. The largest absolute Gasteiger partial charge is 0.478 e. The van der Waals surface area contributed by atoms with Gasteiger partial charge in [0.25, 0.3) is 11.5 Å². The van der Waals surface area contributed by atoms with E-state index in [4.69, 9.17) is 21.4 Å². The molecule has 3 fully saturated rings. The molecular weight excluding hydrogens is 802 g/mol. The number of hydrogen-bond acceptors (Lipinski definition) is 13. The molecule has 2 atom stereocenters. The van der Waals surface area contributed by atoms with Crippen LogP contribution in [0.2, 0.25) is 5.02 Å². The number of pyridine rings is 3. The molecule has 5 aromatic rings. The van der Waals surface area contributed by atoms with Gasteiger partial charge < -0.3 is 30.3 Å². The normalized spacial score (nSPS) is 19.2. The average Bonchev–Trinajstić information content (AvgIpc) is 3.59. The predicted molar refractivity (Wildman–Crippen MR) is 234 cm³/mol. The number of aromatic nitrogens is 5. The first-order valence-corrected chi connectivity index (χ1v) is 21.3. The van der Waals surface area contributed by atoms with Gasteiger partial charge in [0.2, 0.25) is 11.8 Å². The summed E-state index contributed by atoms with van der Waals surface area (Å²) < 4.78 is 9.02. The topological polar surface area (TPSA) is 192 Å². The quantitative estimate of drug-likeness (QED) is 0.133. The van der Waals surface area contributed by atoms with Gasteiger partial charge in [-0.3, -0.25) is 38.6 Å². The highest BCUT2D eigenvalue weighted by molar-refractivity contribution is 6.33. The van der Waals surface area contributed by atoms with Crippen molar-refractivity contribution >= 4 is 74.1 Å². The van der Waals surface area contributed by atoms with E-state index in [-0.39, 0.29) is 54.3 Å². The molecule has 0 saturated carbocycles. The number of aryl methyl sites for hydroxylation is 1. The fourth-order valence-electron chi connectivity index (χ4n) is 8.93. The summed E-state index contributed by atoms with van der Waals surface area (Å²) in [5, 5.41) is 25.8.